The fraction of sp³-hybridized carbons (Fsp3) is 0.714. The van der Waals surface area contributed by atoms with Crippen molar-refractivity contribution >= 4 is 17.4 Å². The molecule has 1 saturated heterocycles. The summed E-state index contributed by atoms with van der Waals surface area (Å²) < 4.78 is 1.76. The van der Waals surface area contributed by atoms with Gasteiger partial charge in [0.15, 0.2) is 5.82 Å². The van der Waals surface area contributed by atoms with E-state index in [1.54, 1.807) is 17.0 Å². The second-order valence-electron chi connectivity index (χ2n) is 5.07. The molecule has 1 atom stereocenters. The van der Waals surface area contributed by atoms with Gasteiger partial charge in [0, 0.05) is 37.4 Å². The van der Waals surface area contributed by atoms with Gasteiger partial charge < -0.3 is 9.47 Å². The SMILES string of the molecule is CCCn1ccnc(N2CCCC2CCCCl)c1=O. The summed E-state index contributed by atoms with van der Waals surface area (Å²) in [5, 5.41) is 0. The molecule has 1 aliphatic rings. The van der Waals surface area contributed by atoms with E-state index in [1.807, 2.05) is 0 Å². The lowest BCUT2D eigenvalue weighted by Gasteiger charge is -2.25. The lowest BCUT2D eigenvalue weighted by Crippen LogP contribution is -2.36. The van der Waals surface area contributed by atoms with Gasteiger partial charge in [-0.1, -0.05) is 6.92 Å². The van der Waals surface area contributed by atoms with Crippen molar-refractivity contribution in [3.05, 3.63) is 22.7 Å². The fourth-order valence-electron chi connectivity index (χ4n) is 2.78. The zero-order valence-electron chi connectivity index (χ0n) is 11.5. The summed E-state index contributed by atoms with van der Waals surface area (Å²) in [7, 11) is 0. The van der Waals surface area contributed by atoms with Crippen molar-refractivity contribution < 1.29 is 0 Å². The molecule has 0 saturated carbocycles. The van der Waals surface area contributed by atoms with E-state index in [1.165, 1.54) is 0 Å². The topological polar surface area (TPSA) is 38.1 Å². The van der Waals surface area contributed by atoms with Gasteiger partial charge in [-0.2, -0.15) is 0 Å². The molecule has 1 aliphatic heterocycles. The third kappa shape index (κ3) is 3.30. The van der Waals surface area contributed by atoms with Crippen molar-refractivity contribution in [1.82, 2.24) is 9.55 Å². The first kappa shape index (κ1) is 14.4. The molecule has 0 aromatic carbocycles. The molecule has 2 heterocycles. The maximum Gasteiger partial charge on any atom is 0.293 e. The molecule has 0 radical (unpaired) electrons. The summed E-state index contributed by atoms with van der Waals surface area (Å²) >= 11 is 5.77. The molecule has 1 aromatic rings. The Morgan fingerprint density at radius 1 is 1.53 bits per heavy atom. The Balaban J connectivity index is 2.20. The maximum absolute atomic E-state index is 12.4. The van der Waals surface area contributed by atoms with Gasteiger partial charge in [-0.15, -0.1) is 11.6 Å². The molecule has 106 valence electrons. The number of anilines is 1. The maximum atomic E-state index is 12.4. The summed E-state index contributed by atoms with van der Waals surface area (Å²) in [5.74, 6) is 1.31. The van der Waals surface area contributed by atoms with Crippen LogP contribution >= 0.6 is 11.6 Å². The lowest BCUT2D eigenvalue weighted by atomic mass is 10.1. The van der Waals surface area contributed by atoms with E-state index in [9.17, 15) is 4.79 Å². The van der Waals surface area contributed by atoms with Gasteiger partial charge in [-0.25, -0.2) is 4.98 Å². The first-order valence-corrected chi connectivity index (χ1v) is 7.69. The van der Waals surface area contributed by atoms with Crippen LogP contribution in [0.15, 0.2) is 17.2 Å². The highest BCUT2D eigenvalue weighted by atomic mass is 35.5. The number of aryl methyl sites for hydroxylation is 1. The summed E-state index contributed by atoms with van der Waals surface area (Å²) in [5.41, 5.74) is 0.0436. The standard InChI is InChI=1S/C14H22ClN3O/c1-2-9-17-11-8-16-13(14(17)19)18-10-4-6-12(18)5-3-7-15/h8,11-12H,2-7,9-10H2,1H3. The van der Waals surface area contributed by atoms with E-state index in [2.05, 4.69) is 16.8 Å². The monoisotopic (exact) mass is 283 g/mol. The Morgan fingerprint density at radius 3 is 3.11 bits per heavy atom. The normalized spacial score (nSPS) is 19.1. The van der Waals surface area contributed by atoms with Crippen LogP contribution in [0.4, 0.5) is 5.82 Å². The van der Waals surface area contributed by atoms with Crippen LogP contribution in [-0.4, -0.2) is 28.0 Å². The third-order valence-electron chi connectivity index (χ3n) is 3.68. The van der Waals surface area contributed by atoms with Gasteiger partial charge in [0.25, 0.3) is 5.56 Å². The third-order valence-corrected chi connectivity index (χ3v) is 3.95. The molecule has 2 rings (SSSR count). The van der Waals surface area contributed by atoms with Crippen LogP contribution in [0.3, 0.4) is 0 Å². The van der Waals surface area contributed by atoms with Gasteiger partial charge in [-0.3, -0.25) is 4.79 Å². The van der Waals surface area contributed by atoms with E-state index in [0.717, 1.165) is 45.2 Å². The first-order valence-electron chi connectivity index (χ1n) is 7.16. The Kier molecular flexibility index (Phi) is 5.25. The summed E-state index contributed by atoms with van der Waals surface area (Å²) in [6, 6.07) is 0.427. The van der Waals surface area contributed by atoms with Gasteiger partial charge in [0.2, 0.25) is 0 Å². The largest absolute Gasteiger partial charge is 0.349 e. The van der Waals surface area contributed by atoms with Crippen molar-refractivity contribution in [3.8, 4) is 0 Å². The number of hydrogen-bond donors (Lipinski definition) is 0. The number of rotatable bonds is 6. The Hall–Kier alpha value is -1.03. The lowest BCUT2D eigenvalue weighted by molar-refractivity contribution is 0.587. The predicted molar refractivity (Wildman–Crippen MR) is 79.1 cm³/mol. The van der Waals surface area contributed by atoms with E-state index in [-0.39, 0.29) is 5.56 Å². The number of halogens is 1. The van der Waals surface area contributed by atoms with Gasteiger partial charge in [0.05, 0.1) is 0 Å². The van der Waals surface area contributed by atoms with Crippen LogP contribution in [0, 0.1) is 0 Å². The second kappa shape index (κ2) is 6.94. The van der Waals surface area contributed by atoms with Gasteiger partial charge in [0.1, 0.15) is 0 Å². The number of nitrogens with zero attached hydrogens (tertiary/aromatic N) is 3. The summed E-state index contributed by atoms with van der Waals surface area (Å²) in [6.45, 7) is 3.77. The minimum Gasteiger partial charge on any atom is -0.349 e. The first-order chi connectivity index (χ1) is 9.27. The van der Waals surface area contributed by atoms with Crippen molar-refractivity contribution in [2.75, 3.05) is 17.3 Å². The molecule has 1 unspecified atom stereocenters. The molecule has 0 spiro atoms. The second-order valence-corrected chi connectivity index (χ2v) is 5.45. The van der Waals surface area contributed by atoms with E-state index in [0.29, 0.717) is 17.7 Å². The molecule has 1 aromatic heterocycles. The van der Waals surface area contributed by atoms with E-state index < -0.39 is 0 Å². The van der Waals surface area contributed by atoms with Crippen LogP contribution in [-0.2, 0) is 6.54 Å². The van der Waals surface area contributed by atoms with Crippen molar-refractivity contribution in [3.63, 3.8) is 0 Å². The highest BCUT2D eigenvalue weighted by molar-refractivity contribution is 6.17. The van der Waals surface area contributed by atoms with Gasteiger partial charge >= 0.3 is 0 Å². The van der Waals surface area contributed by atoms with Crippen LogP contribution in [0.1, 0.15) is 39.0 Å². The summed E-state index contributed by atoms with van der Waals surface area (Å²) in [6.07, 6.45) is 8.80. The fourth-order valence-corrected chi connectivity index (χ4v) is 2.93. The van der Waals surface area contributed by atoms with E-state index in [4.69, 9.17) is 11.6 Å². The van der Waals surface area contributed by atoms with Crippen molar-refractivity contribution in [2.24, 2.45) is 0 Å². The average Bonchev–Trinajstić information content (AvgIpc) is 2.87. The zero-order valence-corrected chi connectivity index (χ0v) is 12.3. The minimum atomic E-state index is 0.0436. The molecule has 0 aliphatic carbocycles. The predicted octanol–water partition coefficient (Wildman–Crippen LogP) is 2.64. The molecule has 0 bridgehead atoms. The molecule has 5 heteroatoms. The number of hydrogen-bond acceptors (Lipinski definition) is 3. The molecular weight excluding hydrogens is 262 g/mol. The summed E-state index contributed by atoms with van der Waals surface area (Å²) in [4.78, 5) is 18.9. The Bertz CT molecular complexity index is 460. The molecule has 19 heavy (non-hydrogen) atoms. The zero-order chi connectivity index (χ0) is 13.7. The molecule has 4 nitrogen and oxygen atoms in total. The minimum absolute atomic E-state index is 0.0436. The number of aromatic nitrogens is 2. The van der Waals surface area contributed by atoms with Crippen LogP contribution in [0.5, 0.6) is 0 Å². The molecule has 0 N–H and O–H groups in total. The Morgan fingerprint density at radius 2 is 2.37 bits per heavy atom. The van der Waals surface area contributed by atoms with E-state index >= 15 is 0 Å². The smallest absolute Gasteiger partial charge is 0.293 e. The average molecular weight is 284 g/mol. The van der Waals surface area contributed by atoms with Crippen molar-refractivity contribution in [1.29, 1.82) is 0 Å². The molecule has 0 amide bonds. The number of alkyl halides is 1. The molecule has 1 fully saturated rings. The van der Waals surface area contributed by atoms with Crippen molar-refractivity contribution in [2.45, 2.75) is 51.6 Å². The van der Waals surface area contributed by atoms with Gasteiger partial charge in [-0.05, 0) is 32.1 Å². The highest BCUT2D eigenvalue weighted by Crippen LogP contribution is 2.24. The van der Waals surface area contributed by atoms with Crippen LogP contribution in [0.2, 0.25) is 0 Å². The molecular formula is C14H22ClN3O. The quantitative estimate of drug-likeness (QED) is 0.754. The van der Waals surface area contributed by atoms with Crippen LogP contribution < -0.4 is 10.5 Å². The highest BCUT2D eigenvalue weighted by Gasteiger charge is 2.27. The Labute approximate surface area is 119 Å². The van der Waals surface area contributed by atoms with Crippen LogP contribution in [0.25, 0.3) is 0 Å².